The smallest absolute Gasteiger partial charge is 0.155 e. The van der Waals surface area contributed by atoms with Crippen molar-refractivity contribution in [3.63, 3.8) is 0 Å². The first-order valence-corrected chi connectivity index (χ1v) is 8.54. The van der Waals surface area contributed by atoms with Crippen molar-refractivity contribution in [3.8, 4) is 0 Å². The summed E-state index contributed by atoms with van der Waals surface area (Å²) >= 11 is 0. The molecule has 0 aliphatic heterocycles. The second kappa shape index (κ2) is 4.19. The monoisotopic (exact) mass is 273 g/mol. The van der Waals surface area contributed by atoms with Gasteiger partial charge in [-0.15, -0.1) is 0 Å². The molecule has 4 rings (SSSR count). The van der Waals surface area contributed by atoms with Crippen molar-refractivity contribution >= 4 is 5.78 Å². The van der Waals surface area contributed by atoms with Crippen LogP contribution in [-0.4, -0.2) is 11.3 Å². The molecule has 0 aromatic heterocycles. The highest BCUT2D eigenvalue weighted by Crippen LogP contribution is 2.61. The highest BCUT2D eigenvalue weighted by molar-refractivity contribution is 5.91. The van der Waals surface area contributed by atoms with Gasteiger partial charge in [-0.25, -0.2) is 0 Å². The molecule has 3 fully saturated rings. The van der Waals surface area contributed by atoms with E-state index in [9.17, 15) is 4.79 Å². The lowest BCUT2D eigenvalue weighted by molar-refractivity contribution is -0.120. The SMILES string of the molecule is C[C@]12C=CC(=O)CC1CC[C@H]1[C@@H]3CCC[C@@]3(N)CC[C@@H]12. The van der Waals surface area contributed by atoms with E-state index in [2.05, 4.69) is 13.0 Å². The first-order valence-electron chi connectivity index (χ1n) is 8.54. The van der Waals surface area contributed by atoms with Crippen LogP contribution in [0.3, 0.4) is 0 Å². The summed E-state index contributed by atoms with van der Waals surface area (Å²) in [4.78, 5) is 11.7. The Morgan fingerprint density at radius 2 is 2.00 bits per heavy atom. The maximum absolute atomic E-state index is 11.7. The van der Waals surface area contributed by atoms with Crippen molar-refractivity contribution < 1.29 is 4.79 Å². The lowest BCUT2D eigenvalue weighted by atomic mass is 9.48. The molecular weight excluding hydrogens is 246 g/mol. The Morgan fingerprint density at radius 1 is 1.15 bits per heavy atom. The number of allylic oxidation sites excluding steroid dienone is 2. The van der Waals surface area contributed by atoms with E-state index in [0.29, 0.717) is 11.7 Å². The van der Waals surface area contributed by atoms with Crippen LogP contribution in [0.15, 0.2) is 12.2 Å². The second-order valence-electron chi connectivity index (χ2n) is 8.18. The summed E-state index contributed by atoms with van der Waals surface area (Å²) in [5.41, 5.74) is 7.15. The van der Waals surface area contributed by atoms with Crippen LogP contribution >= 0.6 is 0 Å². The normalized spacial score (nSPS) is 54.2. The van der Waals surface area contributed by atoms with Gasteiger partial charge in [0.25, 0.3) is 0 Å². The van der Waals surface area contributed by atoms with Crippen LogP contribution in [0.4, 0.5) is 0 Å². The molecule has 6 atom stereocenters. The first-order chi connectivity index (χ1) is 9.53. The highest BCUT2D eigenvalue weighted by Gasteiger charge is 2.57. The molecule has 0 aromatic rings. The van der Waals surface area contributed by atoms with Crippen molar-refractivity contribution in [2.24, 2.45) is 34.8 Å². The Labute approximate surface area is 122 Å². The number of nitrogens with two attached hydrogens (primary N) is 1. The molecule has 0 radical (unpaired) electrons. The van der Waals surface area contributed by atoms with E-state index in [1.807, 2.05) is 6.08 Å². The number of carbonyl (C=O) groups excluding carboxylic acids is 1. The summed E-state index contributed by atoms with van der Waals surface area (Å²) in [6, 6.07) is 0. The molecular formula is C18H27NO. The molecule has 110 valence electrons. The van der Waals surface area contributed by atoms with Crippen LogP contribution in [0.1, 0.15) is 58.3 Å². The molecule has 0 spiro atoms. The lowest BCUT2D eigenvalue weighted by Crippen LogP contribution is -2.57. The maximum atomic E-state index is 11.7. The average Bonchev–Trinajstić information content (AvgIpc) is 2.81. The summed E-state index contributed by atoms with van der Waals surface area (Å²) in [6.07, 6.45) is 13.9. The van der Waals surface area contributed by atoms with Gasteiger partial charge in [0.05, 0.1) is 0 Å². The molecule has 2 N–H and O–H groups in total. The lowest BCUT2D eigenvalue weighted by Gasteiger charge is -2.58. The Morgan fingerprint density at radius 3 is 2.85 bits per heavy atom. The molecule has 20 heavy (non-hydrogen) atoms. The van der Waals surface area contributed by atoms with E-state index in [1.54, 1.807) is 0 Å². The summed E-state index contributed by atoms with van der Waals surface area (Å²) < 4.78 is 0. The van der Waals surface area contributed by atoms with Crippen LogP contribution in [-0.2, 0) is 4.79 Å². The molecule has 0 amide bonds. The molecule has 1 unspecified atom stereocenters. The van der Waals surface area contributed by atoms with Crippen LogP contribution in [0.5, 0.6) is 0 Å². The molecule has 4 aliphatic rings. The van der Waals surface area contributed by atoms with Gasteiger partial charge in [0.2, 0.25) is 0 Å². The molecule has 0 heterocycles. The quantitative estimate of drug-likeness (QED) is 0.734. The van der Waals surface area contributed by atoms with E-state index in [-0.39, 0.29) is 11.0 Å². The van der Waals surface area contributed by atoms with Crippen molar-refractivity contribution in [1.29, 1.82) is 0 Å². The van der Waals surface area contributed by atoms with Crippen LogP contribution in [0.2, 0.25) is 0 Å². The second-order valence-corrected chi connectivity index (χ2v) is 8.18. The Hall–Kier alpha value is -0.630. The van der Waals surface area contributed by atoms with Crippen molar-refractivity contribution in [2.75, 3.05) is 0 Å². The summed E-state index contributed by atoms with van der Waals surface area (Å²) in [5.74, 6) is 3.27. The van der Waals surface area contributed by atoms with E-state index in [0.717, 1.165) is 24.2 Å². The minimum Gasteiger partial charge on any atom is -0.325 e. The fraction of sp³-hybridized carbons (Fsp3) is 0.833. The van der Waals surface area contributed by atoms with Crippen LogP contribution in [0, 0.1) is 29.1 Å². The van der Waals surface area contributed by atoms with Gasteiger partial charge in [-0.1, -0.05) is 19.4 Å². The molecule has 0 saturated heterocycles. The van der Waals surface area contributed by atoms with E-state index in [4.69, 9.17) is 5.73 Å². The third kappa shape index (κ3) is 1.63. The summed E-state index contributed by atoms with van der Waals surface area (Å²) in [5, 5.41) is 0. The number of rotatable bonds is 0. The topological polar surface area (TPSA) is 43.1 Å². The standard InChI is InChI=1S/C18H27NO/c1-17-9-6-13(20)11-12(17)4-5-14-15(17)7-10-18(19)8-2-3-16(14)18/h6,9,12,14-16H,2-5,7-8,10-11,19H2,1H3/t12?,14-,15+,16+,17+,18-/m1/s1. The summed E-state index contributed by atoms with van der Waals surface area (Å²) in [6.45, 7) is 2.43. The third-order valence-electron chi connectivity index (χ3n) is 7.45. The van der Waals surface area contributed by atoms with Gasteiger partial charge < -0.3 is 5.73 Å². The molecule has 2 heteroatoms. The number of ketones is 1. The Kier molecular flexibility index (Phi) is 2.74. The number of fused-ring (bicyclic) bond motifs is 5. The largest absolute Gasteiger partial charge is 0.325 e. The summed E-state index contributed by atoms with van der Waals surface area (Å²) in [7, 11) is 0. The van der Waals surface area contributed by atoms with Gasteiger partial charge in [0.1, 0.15) is 0 Å². The highest BCUT2D eigenvalue weighted by atomic mass is 16.1. The van der Waals surface area contributed by atoms with Crippen LogP contribution in [0.25, 0.3) is 0 Å². The maximum Gasteiger partial charge on any atom is 0.155 e. The minimum absolute atomic E-state index is 0.151. The van der Waals surface area contributed by atoms with Gasteiger partial charge in [0, 0.05) is 12.0 Å². The Balaban J connectivity index is 1.68. The fourth-order valence-electron chi connectivity index (χ4n) is 6.34. The Bertz CT molecular complexity index is 470. The van der Waals surface area contributed by atoms with Gasteiger partial charge in [-0.05, 0) is 73.7 Å². The van der Waals surface area contributed by atoms with Crippen molar-refractivity contribution in [1.82, 2.24) is 0 Å². The molecule has 0 bridgehead atoms. The zero-order valence-electron chi connectivity index (χ0n) is 12.6. The number of hydrogen-bond acceptors (Lipinski definition) is 2. The zero-order valence-corrected chi connectivity index (χ0v) is 12.6. The minimum atomic E-state index is 0.151. The molecule has 2 nitrogen and oxygen atoms in total. The van der Waals surface area contributed by atoms with Crippen molar-refractivity contribution in [2.45, 2.75) is 63.8 Å². The third-order valence-corrected chi connectivity index (χ3v) is 7.45. The fourth-order valence-corrected chi connectivity index (χ4v) is 6.34. The van der Waals surface area contributed by atoms with E-state index >= 15 is 0 Å². The zero-order chi connectivity index (χ0) is 14.0. The van der Waals surface area contributed by atoms with Gasteiger partial charge in [-0.3, -0.25) is 4.79 Å². The van der Waals surface area contributed by atoms with Gasteiger partial charge >= 0.3 is 0 Å². The van der Waals surface area contributed by atoms with E-state index < -0.39 is 0 Å². The van der Waals surface area contributed by atoms with Crippen LogP contribution < -0.4 is 5.73 Å². The number of carbonyl (C=O) groups is 1. The predicted molar refractivity (Wildman–Crippen MR) is 80.1 cm³/mol. The van der Waals surface area contributed by atoms with Gasteiger partial charge in [0.15, 0.2) is 5.78 Å². The van der Waals surface area contributed by atoms with Crippen molar-refractivity contribution in [3.05, 3.63) is 12.2 Å². The average molecular weight is 273 g/mol. The first kappa shape index (κ1) is 13.1. The predicted octanol–water partition coefficient (Wildman–Crippen LogP) is 3.46. The molecule has 0 aromatic carbocycles. The van der Waals surface area contributed by atoms with Gasteiger partial charge in [-0.2, -0.15) is 0 Å². The molecule has 4 aliphatic carbocycles. The number of hydrogen-bond donors (Lipinski definition) is 1. The van der Waals surface area contributed by atoms with E-state index in [1.165, 1.54) is 44.9 Å². The molecule has 3 saturated carbocycles.